The van der Waals surface area contributed by atoms with Gasteiger partial charge in [-0.3, -0.25) is 4.72 Å². The second-order valence-electron chi connectivity index (χ2n) is 7.28. The average molecular weight is 374 g/mol. The second-order valence-corrected chi connectivity index (χ2v) is 8.97. The highest BCUT2D eigenvalue weighted by molar-refractivity contribution is 7.92. The van der Waals surface area contributed by atoms with Crippen LogP contribution >= 0.6 is 0 Å². The number of pyridine rings is 1. The van der Waals surface area contributed by atoms with Crippen molar-refractivity contribution in [1.29, 1.82) is 0 Å². The van der Waals surface area contributed by atoms with Crippen molar-refractivity contribution in [1.82, 2.24) is 4.98 Å². The predicted octanol–water partition coefficient (Wildman–Crippen LogP) is 4.22. The maximum atomic E-state index is 12.7. The Morgan fingerprint density at radius 2 is 1.85 bits per heavy atom. The van der Waals surface area contributed by atoms with Crippen LogP contribution in [0.3, 0.4) is 0 Å². The average Bonchev–Trinajstić information content (AvgIpc) is 2.62. The van der Waals surface area contributed by atoms with E-state index in [9.17, 15) is 8.42 Å². The maximum absolute atomic E-state index is 12.7. The molecule has 1 aromatic carbocycles. The van der Waals surface area contributed by atoms with Crippen LogP contribution in [0.2, 0.25) is 0 Å². The summed E-state index contributed by atoms with van der Waals surface area (Å²) < 4.78 is 28.0. The number of anilines is 2. The molecule has 6 heteroatoms. The molecule has 0 amide bonds. The first-order valence-electron chi connectivity index (χ1n) is 9.28. The van der Waals surface area contributed by atoms with Gasteiger partial charge < -0.3 is 5.32 Å². The van der Waals surface area contributed by atoms with Crippen LogP contribution in [0.1, 0.15) is 44.2 Å². The lowest BCUT2D eigenvalue weighted by molar-refractivity contribution is 0.600. The summed E-state index contributed by atoms with van der Waals surface area (Å²) in [4.78, 5) is 4.60. The van der Waals surface area contributed by atoms with Crippen LogP contribution in [0.15, 0.2) is 41.4 Å². The van der Waals surface area contributed by atoms with Gasteiger partial charge in [0.2, 0.25) is 0 Å². The van der Waals surface area contributed by atoms with Crippen LogP contribution in [0, 0.1) is 5.92 Å². The van der Waals surface area contributed by atoms with Gasteiger partial charge in [0.25, 0.3) is 10.0 Å². The van der Waals surface area contributed by atoms with Crippen LogP contribution in [-0.2, 0) is 22.9 Å². The molecule has 2 aromatic rings. The van der Waals surface area contributed by atoms with Crippen molar-refractivity contribution in [3.8, 4) is 0 Å². The third-order valence-corrected chi connectivity index (χ3v) is 6.05. The highest BCUT2D eigenvalue weighted by atomic mass is 32.2. The lowest BCUT2D eigenvalue weighted by Crippen LogP contribution is -2.15. The monoisotopic (exact) mass is 373 g/mol. The summed E-state index contributed by atoms with van der Waals surface area (Å²) in [6, 6.07) is 8.99. The van der Waals surface area contributed by atoms with Crippen LogP contribution in [0.5, 0.6) is 0 Å². The number of sulfonamides is 1. The lowest BCUT2D eigenvalue weighted by Gasteiger charge is -2.17. The van der Waals surface area contributed by atoms with E-state index >= 15 is 0 Å². The molecule has 0 saturated carbocycles. The Labute approximate surface area is 156 Å². The highest BCUT2D eigenvalue weighted by Crippen LogP contribution is 2.25. The van der Waals surface area contributed by atoms with Gasteiger partial charge >= 0.3 is 0 Å². The summed E-state index contributed by atoms with van der Waals surface area (Å²) in [7, 11) is -3.60. The first-order valence-corrected chi connectivity index (χ1v) is 10.8. The summed E-state index contributed by atoms with van der Waals surface area (Å²) in [5, 5.41) is 3.24. The lowest BCUT2D eigenvalue weighted by atomic mass is 9.92. The normalized spacial score (nSPS) is 14.1. The van der Waals surface area contributed by atoms with Crippen molar-refractivity contribution in [3.05, 3.63) is 47.7 Å². The van der Waals surface area contributed by atoms with Crippen LogP contribution < -0.4 is 10.0 Å². The zero-order valence-electron chi connectivity index (χ0n) is 15.5. The van der Waals surface area contributed by atoms with Crippen molar-refractivity contribution in [2.24, 2.45) is 5.92 Å². The molecule has 0 unspecified atom stereocenters. The Hall–Kier alpha value is -2.08. The molecule has 3 rings (SSSR count). The highest BCUT2D eigenvalue weighted by Gasteiger charge is 2.18. The van der Waals surface area contributed by atoms with Crippen molar-refractivity contribution < 1.29 is 8.42 Å². The zero-order chi connectivity index (χ0) is 18.6. The molecule has 0 bridgehead atoms. The molecule has 0 saturated heterocycles. The van der Waals surface area contributed by atoms with Crippen LogP contribution in [-0.4, -0.2) is 19.9 Å². The van der Waals surface area contributed by atoms with Gasteiger partial charge in [0.05, 0.1) is 16.8 Å². The summed E-state index contributed by atoms with van der Waals surface area (Å²) in [6.07, 6.45) is 6.91. The van der Waals surface area contributed by atoms with Gasteiger partial charge in [-0.2, -0.15) is 0 Å². The predicted molar refractivity (Wildman–Crippen MR) is 106 cm³/mol. The summed E-state index contributed by atoms with van der Waals surface area (Å²) in [6.45, 7) is 5.20. The zero-order valence-corrected chi connectivity index (χ0v) is 16.3. The van der Waals surface area contributed by atoms with Crippen LogP contribution in [0.25, 0.3) is 0 Å². The molecule has 0 fully saturated rings. The summed E-state index contributed by atoms with van der Waals surface area (Å²) in [5.74, 6) is 1.38. The standard InChI is InChI=1S/C20H27N3O2S/c1-15(2)11-12-21-20-10-8-18(14-22-20)23-26(24,25)19-9-7-16-5-3-4-6-17(16)13-19/h7-10,13-15,23H,3-6,11-12H2,1-2H3,(H,21,22). The van der Waals surface area contributed by atoms with E-state index in [2.05, 4.69) is 28.9 Å². The molecule has 1 aromatic heterocycles. The molecule has 140 valence electrons. The number of rotatable bonds is 7. The largest absolute Gasteiger partial charge is 0.370 e. The topological polar surface area (TPSA) is 71.1 Å². The number of aryl methyl sites for hydroxylation is 2. The van der Waals surface area contributed by atoms with E-state index < -0.39 is 10.0 Å². The fourth-order valence-corrected chi connectivity index (χ4v) is 4.23. The third-order valence-electron chi connectivity index (χ3n) is 4.67. The van der Waals surface area contributed by atoms with Gasteiger partial charge in [-0.15, -0.1) is 0 Å². The van der Waals surface area contributed by atoms with Crippen molar-refractivity contribution in [2.45, 2.75) is 50.8 Å². The molecule has 1 aliphatic carbocycles. The van der Waals surface area contributed by atoms with E-state index in [0.717, 1.165) is 43.6 Å². The SMILES string of the molecule is CC(C)CCNc1ccc(NS(=O)(=O)c2ccc3c(c2)CCCC3)cn1. The minimum absolute atomic E-state index is 0.317. The molecule has 0 aliphatic heterocycles. The summed E-state index contributed by atoms with van der Waals surface area (Å²) >= 11 is 0. The van der Waals surface area contributed by atoms with E-state index in [1.807, 2.05) is 12.1 Å². The quantitative estimate of drug-likeness (QED) is 0.762. The van der Waals surface area contributed by atoms with E-state index in [4.69, 9.17) is 0 Å². The van der Waals surface area contributed by atoms with Gasteiger partial charge in [-0.1, -0.05) is 19.9 Å². The Morgan fingerprint density at radius 1 is 1.08 bits per heavy atom. The molecule has 0 spiro atoms. The van der Waals surface area contributed by atoms with Crippen molar-refractivity contribution >= 4 is 21.5 Å². The van der Waals surface area contributed by atoms with E-state index in [0.29, 0.717) is 16.5 Å². The Bertz CT molecular complexity index is 846. The molecule has 0 atom stereocenters. The van der Waals surface area contributed by atoms with Gasteiger partial charge in [-0.25, -0.2) is 13.4 Å². The molecule has 1 heterocycles. The molecule has 26 heavy (non-hydrogen) atoms. The second kappa shape index (κ2) is 8.08. The first kappa shape index (κ1) is 18.7. The molecule has 5 nitrogen and oxygen atoms in total. The maximum Gasteiger partial charge on any atom is 0.261 e. The smallest absolute Gasteiger partial charge is 0.261 e. The summed E-state index contributed by atoms with van der Waals surface area (Å²) in [5.41, 5.74) is 2.90. The van der Waals surface area contributed by atoms with Gasteiger partial charge in [-0.05, 0) is 73.4 Å². The van der Waals surface area contributed by atoms with E-state index in [1.165, 1.54) is 12.0 Å². The Kier molecular flexibility index (Phi) is 5.81. The van der Waals surface area contributed by atoms with Gasteiger partial charge in [0.1, 0.15) is 5.82 Å². The van der Waals surface area contributed by atoms with E-state index in [-0.39, 0.29) is 0 Å². The number of aromatic nitrogens is 1. The molecule has 0 radical (unpaired) electrons. The van der Waals surface area contributed by atoms with Crippen molar-refractivity contribution in [2.75, 3.05) is 16.6 Å². The minimum atomic E-state index is -3.60. The van der Waals surface area contributed by atoms with Crippen LogP contribution in [0.4, 0.5) is 11.5 Å². The minimum Gasteiger partial charge on any atom is -0.370 e. The molecular weight excluding hydrogens is 346 g/mol. The number of nitrogens with one attached hydrogen (secondary N) is 2. The fourth-order valence-electron chi connectivity index (χ4n) is 3.14. The molecular formula is C20H27N3O2S. The Balaban J connectivity index is 1.67. The van der Waals surface area contributed by atoms with Crippen molar-refractivity contribution in [3.63, 3.8) is 0 Å². The van der Waals surface area contributed by atoms with Gasteiger partial charge in [0.15, 0.2) is 0 Å². The number of benzene rings is 1. The third kappa shape index (κ3) is 4.75. The molecule has 1 aliphatic rings. The number of nitrogens with zero attached hydrogens (tertiary/aromatic N) is 1. The number of hydrogen-bond acceptors (Lipinski definition) is 4. The van der Waals surface area contributed by atoms with Gasteiger partial charge in [0, 0.05) is 6.54 Å². The number of hydrogen-bond donors (Lipinski definition) is 2. The first-order chi connectivity index (χ1) is 12.4. The molecule has 2 N–H and O–H groups in total. The fraction of sp³-hybridized carbons (Fsp3) is 0.450. The number of fused-ring (bicyclic) bond motifs is 1. The van der Waals surface area contributed by atoms with E-state index in [1.54, 1.807) is 24.4 Å². The Morgan fingerprint density at radius 3 is 2.54 bits per heavy atom.